The van der Waals surface area contributed by atoms with Crippen molar-refractivity contribution in [3.05, 3.63) is 34.6 Å². The molecule has 2 N–H and O–H groups in total. The maximum Gasteiger partial charge on any atom is 0.264 e. The van der Waals surface area contributed by atoms with Crippen molar-refractivity contribution in [2.24, 2.45) is 0 Å². The molecule has 1 aliphatic heterocycles. The molecule has 0 bridgehead atoms. The minimum absolute atomic E-state index is 0.0500. The van der Waals surface area contributed by atoms with E-state index in [0.29, 0.717) is 29.5 Å². The van der Waals surface area contributed by atoms with Gasteiger partial charge in [-0.05, 0) is 24.6 Å². The lowest BCUT2D eigenvalue weighted by Gasteiger charge is -2.27. The van der Waals surface area contributed by atoms with E-state index in [1.807, 2.05) is 0 Å². The predicted molar refractivity (Wildman–Crippen MR) is 100 cm³/mol. The van der Waals surface area contributed by atoms with Crippen LogP contribution in [0.25, 0.3) is 0 Å². The number of hydrogen-bond donors (Lipinski definition) is 2. The second kappa shape index (κ2) is 7.87. The summed E-state index contributed by atoms with van der Waals surface area (Å²) < 4.78 is 31.6. The molecule has 1 amide bonds. The lowest BCUT2D eigenvalue weighted by molar-refractivity contribution is -0.131. The Morgan fingerprint density at radius 3 is 2.85 bits per heavy atom. The monoisotopic (exact) mass is 415 g/mol. The average Bonchev–Trinajstić information content (AvgIpc) is 3.04. The number of sulfonamides is 1. The molecule has 0 unspecified atom stereocenters. The zero-order chi connectivity index (χ0) is 18.7. The summed E-state index contributed by atoms with van der Waals surface area (Å²) in [5.74, 6) is 0.239. The molecule has 0 aliphatic carbocycles. The zero-order valence-corrected chi connectivity index (χ0v) is 16.4. The normalized spacial score (nSPS) is 15.1. The number of carbonyl (C=O) groups excluding carboxylic acids is 1. The van der Waals surface area contributed by atoms with Crippen LogP contribution in [0.2, 0.25) is 5.02 Å². The van der Waals surface area contributed by atoms with Crippen LogP contribution in [0.15, 0.2) is 23.1 Å². The number of carbonyl (C=O) groups is 1. The van der Waals surface area contributed by atoms with Gasteiger partial charge in [0.25, 0.3) is 10.0 Å². The van der Waals surface area contributed by atoms with Gasteiger partial charge in [0.2, 0.25) is 11.0 Å². The summed E-state index contributed by atoms with van der Waals surface area (Å²) in [5.41, 5.74) is 0.459. The van der Waals surface area contributed by atoms with E-state index in [-0.39, 0.29) is 22.4 Å². The first-order valence-electron chi connectivity index (χ1n) is 7.96. The molecule has 0 radical (unpaired) electrons. The number of benzene rings is 1. The van der Waals surface area contributed by atoms with Gasteiger partial charge >= 0.3 is 0 Å². The second-order valence-electron chi connectivity index (χ2n) is 5.79. The van der Waals surface area contributed by atoms with Crippen LogP contribution >= 0.6 is 23.1 Å². The highest BCUT2D eigenvalue weighted by molar-refractivity contribution is 7.93. The molecule has 1 aromatic carbocycles. The van der Waals surface area contributed by atoms with E-state index in [1.165, 1.54) is 6.07 Å². The number of nitrogens with one attached hydrogen (secondary N) is 2. The third kappa shape index (κ3) is 4.32. The minimum Gasteiger partial charge on any atom is -0.340 e. The first kappa shape index (κ1) is 19.0. The fourth-order valence-corrected chi connectivity index (χ4v) is 4.89. The molecule has 0 spiro atoms. The van der Waals surface area contributed by atoms with Crippen molar-refractivity contribution in [3.63, 3.8) is 0 Å². The Morgan fingerprint density at radius 1 is 1.38 bits per heavy atom. The molecule has 140 valence electrons. The van der Waals surface area contributed by atoms with Crippen LogP contribution in [0.4, 0.5) is 5.13 Å². The van der Waals surface area contributed by atoms with Crippen molar-refractivity contribution >= 4 is 44.2 Å². The number of halogens is 1. The fraction of sp³-hybridized carbons (Fsp3) is 0.400. The standard InChI is InChI=1S/C15H18ClN5O3S2/c1-10-11(16)3-2-4-12(10)26(23,24)20-15-18-13(19-25-15)9-14(22)21-7-5-17-6-8-21/h2-4,17H,5-9H2,1H3,(H,18,19,20). The third-order valence-corrected chi connectivity index (χ3v) is 6.67. The zero-order valence-electron chi connectivity index (χ0n) is 14.0. The SMILES string of the molecule is Cc1c(Cl)cccc1S(=O)(=O)Nc1nc(CC(=O)N2CCNCC2)ns1. The van der Waals surface area contributed by atoms with Crippen molar-refractivity contribution < 1.29 is 13.2 Å². The lowest BCUT2D eigenvalue weighted by atomic mass is 10.2. The average molecular weight is 416 g/mol. The Kier molecular flexibility index (Phi) is 5.76. The maximum atomic E-state index is 12.5. The van der Waals surface area contributed by atoms with Gasteiger partial charge in [0, 0.05) is 42.7 Å². The molecule has 26 heavy (non-hydrogen) atoms. The molecule has 1 aromatic heterocycles. The van der Waals surface area contributed by atoms with Gasteiger partial charge in [-0.3, -0.25) is 9.52 Å². The number of aromatic nitrogens is 2. The Balaban J connectivity index is 1.69. The van der Waals surface area contributed by atoms with Crippen LogP contribution < -0.4 is 10.0 Å². The van der Waals surface area contributed by atoms with Crippen molar-refractivity contribution in [1.29, 1.82) is 0 Å². The molecular formula is C15H18ClN5O3S2. The van der Waals surface area contributed by atoms with E-state index in [4.69, 9.17) is 11.6 Å². The number of amides is 1. The lowest BCUT2D eigenvalue weighted by Crippen LogP contribution is -2.47. The van der Waals surface area contributed by atoms with E-state index in [9.17, 15) is 13.2 Å². The summed E-state index contributed by atoms with van der Waals surface area (Å²) in [5, 5.41) is 3.66. The molecule has 0 atom stereocenters. The van der Waals surface area contributed by atoms with Gasteiger partial charge in [-0.25, -0.2) is 13.4 Å². The van der Waals surface area contributed by atoms with Crippen LogP contribution in [-0.4, -0.2) is 54.8 Å². The molecule has 1 fully saturated rings. The number of anilines is 1. The molecule has 2 aromatic rings. The third-order valence-electron chi connectivity index (χ3n) is 3.98. The maximum absolute atomic E-state index is 12.5. The molecule has 2 heterocycles. The fourth-order valence-electron chi connectivity index (χ4n) is 2.58. The summed E-state index contributed by atoms with van der Waals surface area (Å²) in [7, 11) is -3.83. The van der Waals surface area contributed by atoms with Crippen LogP contribution in [0.1, 0.15) is 11.4 Å². The van der Waals surface area contributed by atoms with Crippen molar-refractivity contribution in [3.8, 4) is 0 Å². The highest BCUT2D eigenvalue weighted by Crippen LogP contribution is 2.25. The summed E-state index contributed by atoms with van der Waals surface area (Å²) in [6, 6.07) is 4.67. The Morgan fingerprint density at radius 2 is 2.12 bits per heavy atom. The van der Waals surface area contributed by atoms with Crippen LogP contribution in [0.5, 0.6) is 0 Å². The molecular weight excluding hydrogens is 398 g/mol. The molecule has 3 rings (SSSR count). The minimum atomic E-state index is -3.83. The highest BCUT2D eigenvalue weighted by atomic mass is 35.5. The quantitative estimate of drug-likeness (QED) is 0.762. The van der Waals surface area contributed by atoms with Gasteiger partial charge < -0.3 is 10.2 Å². The first-order valence-corrected chi connectivity index (χ1v) is 10.6. The van der Waals surface area contributed by atoms with Gasteiger partial charge in [0.15, 0.2) is 5.82 Å². The summed E-state index contributed by atoms with van der Waals surface area (Å²) >= 11 is 6.90. The van der Waals surface area contributed by atoms with Gasteiger partial charge in [-0.15, -0.1) is 0 Å². The first-order chi connectivity index (χ1) is 12.4. The van der Waals surface area contributed by atoms with Crippen molar-refractivity contribution in [1.82, 2.24) is 19.6 Å². The van der Waals surface area contributed by atoms with Gasteiger partial charge in [0.1, 0.15) is 0 Å². The van der Waals surface area contributed by atoms with Gasteiger partial charge in [0.05, 0.1) is 11.3 Å². The largest absolute Gasteiger partial charge is 0.340 e. The number of piperazine rings is 1. The summed E-state index contributed by atoms with van der Waals surface area (Å²) in [4.78, 5) is 18.2. The van der Waals surface area contributed by atoms with E-state index < -0.39 is 10.0 Å². The van der Waals surface area contributed by atoms with E-state index in [1.54, 1.807) is 24.0 Å². The topological polar surface area (TPSA) is 104 Å². The van der Waals surface area contributed by atoms with Gasteiger partial charge in [-0.2, -0.15) is 4.37 Å². The van der Waals surface area contributed by atoms with E-state index in [0.717, 1.165) is 24.6 Å². The number of nitrogens with zero attached hydrogens (tertiary/aromatic N) is 3. The highest BCUT2D eigenvalue weighted by Gasteiger charge is 2.22. The van der Waals surface area contributed by atoms with E-state index >= 15 is 0 Å². The summed E-state index contributed by atoms with van der Waals surface area (Å²) in [6.45, 7) is 4.46. The van der Waals surface area contributed by atoms with E-state index in [2.05, 4.69) is 19.4 Å². The Hall–Kier alpha value is -1.75. The van der Waals surface area contributed by atoms with Crippen LogP contribution in [-0.2, 0) is 21.2 Å². The summed E-state index contributed by atoms with van der Waals surface area (Å²) in [6.07, 6.45) is 0.0500. The van der Waals surface area contributed by atoms with Crippen molar-refractivity contribution in [2.45, 2.75) is 18.2 Å². The van der Waals surface area contributed by atoms with Crippen molar-refractivity contribution in [2.75, 3.05) is 30.9 Å². The number of hydrogen-bond acceptors (Lipinski definition) is 7. The smallest absolute Gasteiger partial charge is 0.264 e. The molecule has 0 saturated carbocycles. The predicted octanol–water partition coefficient (Wildman–Crippen LogP) is 1.28. The van der Waals surface area contributed by atoms with Crippen LogP contribution in [0.3, 0.4) is 0 Å². The molecule has 1 saturated heterocycles. The second-order valence-corrected chi connectivity index (χ2v) is 8.60. The Labute approximate surface area is 160 Å². The number of rotatable bonds is 5. The van der Waals surface area contributed by atoms with Gasteiger partial charge in [-0.1, -0.05) is 17.7 Å². The molecule has 1 aliphatic rings. The van der Waals surface area contributed by atoms with Crippen LogP contribution in [0, 0.1) is 6.92 Å². The Bertz CT molecular complexity index is 910. The molecule has 8 nitrogen and oxygen atoms in total. The molecule has 11 heteroatoms.